The van der Waals surface area contributed by atoms with E-state index < -0.39 is 8.80 Å². The molecule has 1 aromatic rings. The van der Waals surface area contributed by atoms with Crippen molar-refractivity contribution in [2.45, 2.75) is 51.2 Å². The van der Waals surface area contributed by atoms with Crippen LogP contribution < -0.4 is 0 Å². The molecule has 1 aliphatic rings. The molecule has 0 nitrogen and oxygen atoms in total. The molecule has 0 saturated carbocycles. The normalized spacial score (nSPS) is 24.2. The van der Waals surface area contributed by atoms with Crippen molar-refractivity contribution < 1.29 is 8.78 Å². The highest BCUT2D eigenvalue weighted by molar-refractivity contribution is 6.57. The Hall–Kier alpha value is -0.703. The number of hydrogen-bond acceptors (Lipinski definition) is 0. The van der Waals surface area contributed by atoms with E-state index in [1.807, 2.05) is 0 Å². The summed E-state index contributed by atoms with van der Waals surface area (Å²) in [6.45, 7) is 4.15. The fourth-order valence-corrected chi connectivity index (χ4v) is 5.30. The quantitative estimate of drug-likeness (QED) is 0.709. The zero-order valence-corrected chi connectivity index (χ0v) is 12.5. The zero-order chi connectivity index (χ0) is 13.1. The molecule has 0 aliphatic carbocycles. The average Bonchev–Trinajstić information content (AvgIpc) is 2.30. The fraction of sp³-hybridized carbons (Fsp3) is 0.600. The van der Waals surface area contributed by atoms with Crippen LogP contribution >= 0.6 is 0 Å². The Labute approximate surface area is 110 Å². The van der Waals surface area contributed by atoms with Gasteiger partial charge in [0, 0.05) is 14.4 Å². The van der Waals surface area contributed by atoms with Gasteiger partial charge in [0.15, 0.2) is 0 Å². The SMILES string of the molecule is Cc1cc(F)c(CCC2CC[SiH](C)CC2)c(F)c1. The van der Waals surface area contributed by atoms with Gasteiger partial charge < -0.3 is 0 Å². The first-order valence-corrected chi connectivity index (χ1v) is 9.79. The minimum Gasteiger partial charge on any atom is -0.207 e. The highest BCUT2D eigenvalue weighted by atomic mass is 28.3. The molecule has 18 heavy (non-hydrogen) atoms. The van der Waals surface area contributed by atoms with Crippen molar-refractivity contribution >= 4 is 8.80 Å². The van der Waals surface area contributed by atoms with Gasteiger partial charge in [-0.05, 0) is 43.4 Å². The third kappa shape index (κ3) is 3.41. The molecule has 0 spiro atoms. The van der Waals surface area contributed by atoms with Crippen molar-refractivity contribution in [2.75, 3.05) is 0 Å². The molecule has 0 bridgehead atoms. The van der Waals surface area contributed by atoms with Gasteiger partial charge in [0.25, 0.3) is 0 Å². The van der Waals surface area contributed by atoms with Crippen LogP contribution in [0.1, 0.15) is 30.4 Å². The molecule has 1 aromatic carbocycles. The van der Waals surface area contributed by atoms with E-state index in [2.05, 4.69) is 6.55 Å². The molecule has 100 valence electrons. The van der Waals surface area contributed by atoms with Crippen LogP contribution in [0.25, 0.3) is 0 Å². The molecule has 0 atom stereocenters. The smallest absolute Gasteiger partial charge is 0.129 e. The first-order valence-electron chi connectivity index (χ1n) is 7.00. The summed E-state index contributed by atoms with van der Waals surface area (Å²) in [5, 5.41) is 0. The van der Waals surface area contributed by atoms with Gasteiger partial charge in [-0.15, -0.1) is 0 Å². The lowest BCUT2D eigenvalue weighted by Crippen LogP contribution is -2.18. The highest BCUT2D eigenvalue weighted by Gasteiger charge is 2.20. The van der Waals surface area contributed by atoms with Gasteiger partial charge >= 0.3 is 0 Å². The molecule has 3 heteroatoms. The van der Waals surface area contributed by atoms with Crippen molar-refractivity contribution in [3.8, 4) is 0 Å². The van der Waals surface area contributed by atoms with Gasteiger partial charge in [0.1, 0.15) is 11.6 Å². The van der Waals surface area contributed by atoms with Gasteiger partial charge in [-0.3, -0.25) is 0 Å². The number of hydrogen-bond donors (Lipinski definition) is 0. The van der Waals surface area contributed by atoms with Crippen LogP contribution in [-0.4, -0.2) is 8.80 Å². The molecule has 0 amide bonds. The minimum atomic E-state index is -0.406. The first-order chi connectivity index (χ1) is 8.56. The van der Waals surface area contributed by atoms with Crippen molar-refractivity contribution in [1.29, 1.82) is 0 Å². The molecule has 1 saturated heterocycles. The van der Waals surface area contributed by atoms with Gasteiger partial charge in [0.2, 0.25) is 0 Å². The maximum Gasteiger partial charge on any atom is 0.129 e. The minimum absolute atomic E-state index is 0.288. The van der Waals surface area contributed by atoms with Crippen molar-refractivity contribution in [3.05, 3.63) is 34.9 Å². The van der Waals surface area contributed by atoms with E-state index >= 15 is 0 Å². The van der Waals surface area contributed by atoms with Crippen LogP contribution in [-0.2, 0) is 6.42 Å². The summed E-state index contributed by atoms with van der Waals surface area (Å²) in [5.41, 5.74) is 0.947. The predicted molar refractivity (Wildman–Crippen MR) is 74.8 cm³/mol. The van der Waals surface area contributed by atoms with Gasteiger partial charge in [0.05, 0.1) is 0 Å². The van der Waals surface area contributed by atoms with E-state index in [0.29, 0.717) is 17.9 Å². The molecule has 1 heterocycles. The molecular weight excluding hydrogens is 246 g/mol. The van der Waals surface area contributed by atoms with E-state index in [9.17, 15) is 8.78 Å². The molecule has 0 unspecified atom stereocenters. The summed E-state index contributed by atoms with van der Waals surface area (Å²) in [5.74, 6) is -0.0501. The van der Waals surface area contributed by atoms with E-state index in [1.54, 1.807) is 6.92 Å². The largest absolute Gasteiger partial charge is 0.207 e. The maximum atomic E-state index is 13.7. The molecular formula is C15H22F2Si. The maximum absolute atomic E-state index is 13.7. The Morgan fingerprint density at radius 1 is 1.17 bits per heavy atom. The van der Waals surface area contributed by atoms with Gasteiger partial charge in [-0.1, -0.05) is 31.5 Å². The summed E-state index contributed by atoms with van der Waals surface area (Å²) in [6, 6.07) is 5.69. The molecule has 0 N–H and O–H groups in total. The lowest BCUT2D eigenvalue weighted by Gasteiger charge is -2.25. The number of halogens is 2. The number of rotatable bonds is 3. The standard InChI is InChI=1S/C15H22F2Si/c1-11-9-14(16)13(15(17)10-11)4-3-12-5-7-18(2)8-6-12/h9-10,12,18H,3-8H2,1-2H3. The number of benzene rings is 1. The van der Waals surface area contributed by atoms with E-state index in [0.717, 1.165) is 6.42 Å². The van der Waals surface area contributed by atoms with Gasteiger partial charge in [-0.2, -0.15) is 0 Å². The van der Waals surface area contributed by atoms with Crippen molar-refractivity contribution in [3.63, 3.8) is 0 Å². The first kappa shape index (κ1) is 13.7. The van der Waals surface area contributed by atoms with E-state index in [4.69, 9.17) is 0 Å². The Kier molecular flexibility index (Phi) is 4.54. The predicted octanol–water partition coefficient (Wildman–Crippen LogP) is 4.47. The average molecular weight is 268 g/mol. The summed E-state index contributed by atoms with van der Waals surface area (Å²) < 4.78 is 27.4. The fourth-order valence-electron chi connectivity index (χ4n) is 2.93. The lowest BCUT2D eigenvalue weighted by atomic mass is 9.93. The van der Waals surface area contributed by atoms with E-state index in [1.165, 1.54) is 37.1 Å². The topological polar surface area (TPSA) is 0 Å². The van der Waals surface area contributed by atoms with Crippen molar-refractivity contribution in [2.24, 2.45) is 5.92 Å². The Balaban J connectivity index is 1.94. The molecule has 1 fully saturated rings. The van der Waals surface area contributed by atoms with Gasteiger partial charge in [-0.25, -0.2) is 8.78 Å². The number of aryl methyl sites for hydroxylation is 1. The molecule has 0 aromatic heterocycles. The Morgan fingerprint density at radius 3 is 2.28 bits per heavy atom. The second-order valence-corrected chi connectivity index (χ2v) is 9.24. The van der Waals surface area contributed by atoms with Crippen LogP contribution in [0.15, 0.2) is 12.1 Å². The molecule has 0 radical (unpaired) electrons. The van der Waals surface area contributed by atoms with Crippen molar-refractivity contribution in [1.82, 2.24) is 0 Å². The van der Waals surface area contributed by atoms with Crippen LogP contribution in [0.3, 0.4) is 0 Å². The second-order valence-electron chi connectivity index (χ2n) is 5.87. The Bertz CT molecular complexity index is 386. The van der Waals surface area contributed by atoms with Crippen LogP contribution in [0.5, 0.6) is 0 Å². The highest BCUT2D eigenvalue weighted by Crippen LogP contribution is 2.29. The summed E-state index contributed by atoms with van der Waals surface area (Å²) in [7, 11) is -0.406. The Morgan fingerprint density at radius 2 is 1.72 bits per heavy atom. The second kappa shape index (κ2) is 5.96. The zero-order valence-electron chi connectivity index (χ0n) is 11.3. The van der Waals surface area contributed by atoms with Crippen LogP contribution in [0.4, 0.5) is 8.78 Å². The molecule has 1 aliphatic heterocycles. The third-order valence-electron chi connectivity index (χ3n) is 4.22. The van der Waals surface area contributed by atoms with Crippen LogP contribution in [0.2, 0.25) is 18.6 Å². The summed E-state index contributed by atoms with van der Waals surface area (Å²) >= 11 is 0. The van der Waals surface area contributed by atoms with Crippen LogP contribution in [0, 0.1) is 24.5 Å². The summed E-state index contributed by atoms with van der Waals surface area (Å²) in [6.07, 6.45) is 4.06. The lowest BCUT2D eigenvalue weighted by molar-refractivity contribution is 0.428. The monoisotopic (exact) mass is 268 g/mol. The summed E-state index contributed by atoms with van der Waals surface area (Å²) in [4.78, 5) is 0. The third-order valence-corrected chi connectivity index (χ3v) is 6.86. The van der Waals surface area contributed by atoms with E-state index in [-0.39, 0.29) is 17.2 Å². The molecule has 2 rings (SSSR count).